The number of anilines is 1. The van der Waals surface area contributed by atoms with E-state index >= 15 is 0 Å². The van der Waals surface area contributed by atoms with E-state index in [0.717, 1.165) is 6.54 Å². The van der Waals surface area contributed by atoms with Gasteiger partial charge < -0.3 is 5.32 Å². The van der Waals surface area contributed by atoms with Gasteiger partial charge in [-0.05, 0) is 27.7 Å². The maximum Gasteiger partial charge on any atom is 0.321 e. The number of carbonyl (C=O) groups excluding carboxylic acids is 1. The highest BCUT2D eigenvalue weighted by molar-refractivity contribution is 7.13. The summed E-state index contributed by atoms with van der Waals surface area (Å²) < 4.78 is 0. The lowest BCUT2D eigenvalue weighted by molar-refractivity contribution is 0.176. The number of nitrogens with zero attached hydrogens (tertiary/aromatic N) is 2. The smallest absolute Gasteiger partial charge is 0.321 e. The summed E-state index contributed by atoms with van der Waals surface area (Å²) in [6, 6.07) is 0.764. The van der Waals surface area contributed by atoms with Crippen molar-refractivity contribution >= 4 is 22.5 Å². The monoisotopic (exact) mass is 270 g/mol. The highest BCUT2D eigenvalue weighted by Crippen LogP contribution is 2.09. The third-order valence-electron chi connectivity index (χ3n) is 2.63. The zero-order chi connectivity index (χ0) is 13.5. The Balaban J connectivity index is 2.26. The van der Waals surface area contributed by atoms with E-state index in [1.54, 1.807) is 6.20 Å². The zero-order valence-electron chi connectivity index (χ0n) is 11.4. The summed E-state index contributed by atoms with van der Waals surface area (Å²) in [6.07, 6.45) is 1.67. The first-order valence-corrected chi connectivity index (χ1v) is 7.08. The molecule has 0 spiro atoms. The number of hydrogen-bond acceptors (Lipinski definition) is 4. The molecule has 5 nitrogen and oxygen atoms in total. The van der Waals surface area contributed by atoms with Crippen LogP contribution in [0.1, 0.15) is 27.7 Å². The molecule has 0 aromatic carbocycles. The van der Waals surface area contributed by atoms with Crippen molar-refractivity contribution in [1.29, 1.82) is 0 Å². The summed E-state index contributed by atoms with van der Waals surface area (Å²) in [5.74, 6) is 0. The van der Waals surface area contributed by atoms with E-state index in [9.17, 15) is 4.79 Å². The Kier molecular flexibility index (Phi) is 6.07. The molecule has 1 rings (SSSR count). The molecule has 2 amide bonds. The number of aromatic nitrogens is 1. The van der Waals surface area contributed by atoms with Gasteiger partial charge in [0.05, 0.1) is 0 Å². The molecule has 2 N–H and O–H groups in total. The van der Waals surface area contributed by atoms with Crippen molar-refractivity contribution in [3.8, 4) is 0 Å². The number of nitrogens with one attached hydrogen (secondary N) is 2. The first-order valence-electron chi connectivity index (χ1n) is 6.20. The summed E-state index contributed by atoms with van der Waals surface area (Å²) >= 11 is 1.41. The first kappa shape index (κ1) is 14.9. The average Bonchev–Trinajstić information content (AvgIpc) is 2.75. The van der Waals surface area contributed by atoms with Gasteiger partial charge >= 0.3 is 6.03 Å². The minimum Gasteiger partial charge on any atom is -0.337 e. The standard InChI is InChI=1S/C12H22N4OS/c1-9(2)16(10(3)4)7-5-13-11(17)15-12-14-6-8-18-12/h6,8-10H,5,7H2,1-4H3,(H2,13,14,15,17). The van der Waals surface area contributed by atoms with E-state index in [1.165, 1.54) is 11.3 Å². The van der Waals surface area contributed by atoms with E-state index in [4.69, 9.17) is 0 Å². The van der Waals surface area contributed by atoms with Crippen LogP contribution in [0.15, 0.2) is 11.6 Å². The molecule has 0 saturated carbocycles. The van der Waals surface area contributed by atoms with Crippen molar-refractivity contribution in [3.05, 3.63) is 11.6 Å². The first-order chi connectivity index (χ1) is 8.50. The van der Waals surface area contributed by atoms with E-state index in [-0.39, 0.29) is 6.03 Å². The van der Waals surface area contributed by atoms with Gasteiger partial charge in [-0.3, -0.25) is 10.2 Å². The van der Waals surface area contributed by atoms with Crippen LogP contribution < -0.4 is 10.6 Å². The molecule has 1 heterocycles. The van der Waals surface area contributed by atoms with Crippen molar-refractivity contribution in [3.63, 3.8) is 0 Å². The Morgan fingerprint density at radius 1 is 1.39 bits per heavy atom. The summed E-state index contributed by atoms with van der Waals surface area (Å²) in [5, 5.41) is 7.98. The fourth-order valence-electron chi connectivity index (χ4n) is 1.84. The largest absolute Gasteiger partial charge is 0.337 e. The number of urea groups is 1. The molecular weight excluding hydrogens is 248 g/mol. The van der Waals surface area contributed by atoms with E-state index in [2.05, 4.69) is 48.2 Å². The highest BCUT2D eigenvalue weighted by atomic mass is 32.1. The third kappa shape index (κ3) is 5.01. The van der Waals surface area contributed by atoms with Crippen LogP contribution in [0.25, 0.3) is 0 Å². The molecule has 0 saturated heterocycles. The van der Waals surface area contributed by atoms with Gasteiger partial charge in [0.15, 0.2) is 5.13 Å². The molecule has 0 unspecified atom stereocenters. The van der Waals surface area contributed by atoms with Crippen molar-refractivity contribution in [2.75, 3.05) is 18.4 Å². The molecule has 0 fully saturated rings. The number of amides is 2. The van der Waals surface area contributed by atoms with Crippen molar-refractivity contribution in [1.82, 2.24) is 15.2 Å². The van der Waals surface area contributed by atoms with Gasteiger partial charge in [-0.2, -0.15) is 0 Å². The molecule has 0 aliphatic rings. The number of thiazole rings is 1. The molecule has 0 aliphatic heterocycles. The molecule has 1 aromatic rings. The highest BCUT2D eigenvalue weighted by Gasteiger charge is 2.13. The molecule has 0 bridgehead atoms. The Hall–Kier alpha value is -1.14. The van der Waals surface area contributed by atoms with Crippen molar-refractivity contribution in [2.45, 2.75) is 39.8 Å². The number of hydrogen-bond donors (Lipinski definition) is 2. The van der Waals surface area contributed by atoms with Crippen LogP contribution in [-0.4, -0.2) is 41.1 Å². The van der Waals surface area contributed by atoms with Gasteiger partial charge in [-0.1, -0.05) is 0 Å². The van der Waals surface area contributed by atoms with E-state index in [0.29, 0.717) is 23.8 Å². The second-order valence-electron chi connectivity index (χ2n) is 4.64. The molecular formula is C12H22N4OS. The van der Waals surface area contributed by atoms with Crippen molar-refractivity contribution < 1.29 is 4.79 Å². The van der Waals surface area contributed by atoms with Crippen molar-refractivity contribution in [2.24, 2.45) is 0 Å². The molecule has 6 heteroatoms. The quantitative estimate of drug-likeness (QED) is 0.834. The van der Waals surface area contributed by atoms with Crippen LogP contribution in [-0.2, 0) is 0 Å². The Labute approximate surface area is 113 Å². The normalized spacial score (nSPS) is 11.3. The second-order valence-corrected chi connectivity index (χ2v) is 5.54. The average molecular weight is 270 g/mol. The molecule has 0 atom stereocenters. The van der Waals surface area contributed by atoms with Gasteiger partial charge in [-0.25, -0.2) is 9.78 Å². The van der Waals surface area contributed by atoms with Crippen LogP contribution in [0.4, 0.5) is 9.93 Å². The zero-order valence-corrected chi connectivity index (χ0v) is 12.3. The SMILES string of the molecule is CC(C)N(CCNC(=O)Nc1nccs1)C(C)C. The summed E-state index contributed by atoms with van der Waals surface area (Å²) in [6.45, 7) is 10.1. The lowest BCUT2D eigenvalue weighted by Crippen LogP contribution is -2.43. The van der Waals surface area contributed by atoms with Crippen LogP contribution in [0, 0.1) is 0 Å². The van der Waals surface area contributed by atoms with Crippen LogP contribution in [0.3, 0.4) is 0 Å². The maximum atomic E-state index is 11.6. The Bertz CT molecular complexity index is 343. The predicted molar refractivity (Wildman–Crippen MR) is 76.1 cm³/mol. The molecule has 0 aliphatic carbocycles. The van der Waals surface area contributed by atoms with Gasteiger partial charge in [0.2, 0.25) is 0 Å². The fourth-order valence-corrected chi connectivity index (χ4v) is 2.36. The minimum absolute atomic E-state index is 0.197. The number of carbonyl (C=O) groups is 1. The van der Waals surface area contributed by atoms with Crippen LogP contribution in [0.5, 0.6) is 0 Å². The minimum atomic E-state index is -0.197. The lowest BCUT2D eigenvalue weighted by atomic mass is 10.2. The second kappa shape index (κ2) is 7.33. The van der Waals surface area contributed by atoms with Gasteiger partial charge in [-0.15, -0.1) is 11.3 Å². The Morgan fingerprint density at radius 3 is 2.56 bits per heavy atom. The van der Waals surface area contributed by atoms with Gasteiger partial charge in [0.25, 0.3) is 0 Å². The fraction of sp³-hybridized carbons (Fsp3) is 0.667. The summed E-state index contributed by atoms with van der Waals surface area (Å²) in [5.41, 5.74) is 0. The lowest BCUT2D eigenvalue weighted by Gasteiger charge is -2.30. The molecule has 18 heavy (non-hydrogen) atoms. The van der Waals surface area contributed by atoms with E-state index < -0.39 is 0 Å². The molecule has 1 aromatic heterocycles. The van der Waals surface area contributed by atoms with Crippen LogP contribution >= 0.6 is 11.3 Å². The van der Waals surface area contributed by atoms with Gasteiger partial charge in [0.1, 0.15) is 0 Å². The summed E-state index contributed by atoms with van der Waals surface area (Å²) in [4.78, 5) is 17.9. The van der Waals surface area contributed by atoms with E-state index in [1.807, 2.05) is 5.38 Å². The topological polar surface area (TPSA) is 57.3 Å². The predicted octanol–water partition coefficient (Wildman–Crippen LogP) is 2.38. The maximum absolute atomic E-state index is 11.6. The van der Waals surface area contributed by atoms with Crippen LogP contribution in [0.2, 0.25) is 0 Å². The summed E-state index contributed by atoms with van der Waals surface area (Å²) in [7, 11) is 0. The molecule has 0 radical (unpaired) electrons. The third-order valence-corrected chi connectivity index (χ3v) is 3.32. The number of rotatable bonds is 6. The van der Waals surface area contributed by atoms with Gasteiger partial charge in [0, 0.05) is 36.8 Å². The Morgan fingerprint density at radius 2 is 2.06 bits per heavy atom. The molecule has 102 valence electrons.